The second-order valence-corrected chi connectivity index (χ2v) is 25.6. The van der Waals surface area contributed by atoms with Crippen molar-refractivity contribution in [3.63, 3.8) is 0 Å². The molecule has 1 atom stereocenters. The molecule has 6 heteroatoms. The number of hydrogen-bond donors (Lipinski definition) is 0. The molecule has 0 aromatic heterocycles. The summed E-state index contributed by atoms with van der Waals surface area (Å²) in [7, 11) is 0. The van der Waals surface area contributed by atoms with Crippen LogP contribution in [-0.2, 0) is 28.6 Å². The molecule has 0 rings (SSSR count). The minimum atomic E-state index is -0.764. The van der Waals surface area contributed by atoms with Gasteiger partial charge in [0.1, 0.15) is 13.2 Å². The average Bonchev–Trinajstić information content (AvgIpc) is 3.46. The first-order valence-corrected chi connectivity index (χ1v) is 37.0. The highest BCUT2D eigenvalue weighted by Gasteiger charge is 2.20. The van der Waals surface area contributed by atoms with Crippen molar-refractivity contribution in [3.8, 4) is 0 Å². The van der Waals surface area contributed by atoms with E-state index in [4.69, 9.17) is 14.2 Å². The van der Waals surface area contributed by atoms with E-state index in [1.807, 2.05) is 0 Å². The highest BCUT2D eigenvalue weighted by atomic mass is 16.6. The van der Waals surface area contributed by atoms with Crippen LogP contribution in [0, 0.1) is 0 Å². The van der Waals surface area contributed by atoms with Crippen LogP contribution in [-0.4, -0.2) is 37.2 Å². The van der Waals surface area contributed by atoms with E-state index in [9.17, 15) is 14.4 Å². The number of carbonyl (C=O) groups excluding carboxylic acids is 3. The molecule has 0 amide bonds. The van der Waals surface area contributed by atoms with Crippen LogP contribution in [0.4, 0.5) is 0 Å². The minimum Gasteiger partial charge on any atom is -0.462 e. The maximum absolute atomic E-state index is 13.0. The third-order valence-electron chi connectivity index (χ3n) is 17.4. The highest BCUT2D eigenvalue weighted by molar-refractivity contribution is 5.71. The fraction of sp³-hybridized carbons (Fsp3) is 0.959. The van der Waals surface area contributed by atoms with Crippen LogP contribution >= 0.6 is 0 Å². The molecule has 0 aromatic carbocycles. The molecule has 0 aliphatic carbocycles. The van der Waals surface area contributed by atoms with E-state index in [2.05, 4.69) is 20.8 Å². The lowest BCUT2D eigenvalue weighted by Gasteiger charge is -2.18. The van der Waals surface area contributed by atoms with Crippen molar-refractivity contribution in [2.45, 2.75) is 444 Å². The van der Waals surface area contributed by atoms with Crippen molar-refractivity contribution in [1.82, 2.24) is 0 Å². The van der Waals surface area contributed by atoms with Crippen LogP contribution < -0.4 is 0 Å². The van der Waals surface area contributed by atoms with Gasteiger partial charge >= 0.3 is 17.9 Å². The van der Waals surface area contributed by atoms with Crippen molar-refractivity contribution in [2.75, 3.05) is 13.2 Å². The summed E-state index contributed by atoms with van der Waals surface area (Å²) in [6.45, 7) is 6.75. The summed E-state index contributed by atoms with van der Waals surface area (Å²) in [6, 6.07) is 0. The summed E-state index contributed by atoms with van der Waals surface area (Å²) in [5, 5.41) is 0. The number of rotatable bonds is 70. The van der Waals surface area contributed by atoms with Crippen LogP contribution in [0.1, 0.15) is 438 Å². The van der Waals surface area contributed by atoms with Gasteiger partial charge in [0.25, 0.3) is 0 Å². The summed E-state index contributed by atoms with van der Waals surface area (Å²) in [4.78, 5) is 38.5. The van der Waals surface area contributed by atoms with Crippen molar-refractivity contribution >= 4 is 17.9 Å². The van der Waals surface area contributed by atoms with Crippen LogP contribution in [0.25, 0.3) is 0 Å². The molecule has 0 aromatic rings. The molecule has 0 aliphatic heterocycles. The number of esters is 3. The number of unbranched alkanes of at least 4 members (excludes halogenated alkanes) is 59. The fourth-order valence-corrected chi connectivity index (χ4v) is 11.8. The van der Waals surface area contributed by atoms with E-state index in [0.717, 1.165) is 57.8 Å². The summed E-state index contributed by atoms with van der Waals surface area (Å²) in [6.07, 6.45) is 82.9. The Morgan fingerprint density at radius 1 is 0.200 bits per heavy atom. The SMILES string of the molecule is CCCCCCCCCCCCCCCCCCCCCCCCCCC(=O)OCC(COC(=O)CCCCCCCCCCCCCCCC)OC(=O)CCCCCCCCCCCCCCCCCCCCCCCCCC. The monoisotopic (exact) mass is 1130 g/mol. The van der Waals surface area contributed by atoms with Crippen LogP contribution in [0.2, 0.25) is 0 Å². The maximum Gasteiger partial charge on any atom is 0.306 e. The highest BCUT2D eigenvalue weighted by Crippen LogP contribution is 2.20. The summed E-state index contributed by atoms with van der Waals surface area (Å²) >= 11 is 0. The van der Waals surface area contributed by atoms with Gasteiger partial charge in [0.15, 0.2) is 6.10 Å². The van der Waals surface area contributed by atoms with Gasteiger partial charge in [-0.2, -0.15) is 0 Å². The van der Waals surface area contributed by atoms with Crippen LogP contribution in [0.3, 0.4) is 0 Å². The Bertz CT molecular complexity index is 1200. The van der Waals surface area contributed by atoms with Gasteiger partial charge in [0, 0.05) is 19.3 Å². The zero-order chi connectivity index (χ0) is 57.8. The Labute approximate surface area is 501 Å². The Morgan fingerprint density at radius 3 is 0.500 bits per heavy atom. The Hall–Kier alpha value is -1.59. The van der Waals surface area contributed by atoms with Gasteiger partial charge in [0.2, 0.25) is 0 Å². The molecular weight excluding hydrogens is 985 g/mol. The molecule has 1 unspecified atom stereocenters. The molecule has 0 N–H and O–H groups in total. The Kier molecular flexibility index (Phi) is 68.5. The maximum atomic E-state index is 13.0. The van der Waals surface area contributed by atoms with Crippen LogP contribution in [0.15, 0.2) is 0 Å². The number of hydrogen-bond acceptors (Lipinski definition) is 6. The Morgan fingerprint density at radius 2 is 0.338 bits per heavy atom. The minimum absolute atomic E-state index is 0.0600. The third-order valence-corrected chi connectivity index (χ3v) is 17.4. The fourth-order valence-electron chi connectivity index (χ4n) is 11.8. The molecule has 0 bridgehead atoms. The first kappa shape index (κ1) is 78.4. The molecule has 0 saturated carbocycles. The normalized spacial score (nSPS) is 11.9. The first-order chi connectivity index (χ1) is 39.5. The number of carbonyl (C=O) groups is 3. The summed E-state index contributed by atoms with van der Waals surface area (Å²) < 4.78 is 17.0. The van der Waals surface area contributed by atoms with E-state index < -0.39 is 6.10 Å². The molecule has 0 heterocycles. The van der Waals surface area contributed by atoms with Gasteiger partial charge in [0.05, 0.1) is 0 Å². The lowest BCUT2D eigenvalue weighted by molar-refractivity contribution is -0.167. The van der Waals surface area contributed by atoms with E-state index in [1.54, 1.807) is 0 Å². The van der Waals surface area contributed by atoms with Crippen molar-refractivity contribution in [1.29, 1.82) is 0 Å². The Balaban J connectivity index is 4.20. The molecule has 0 saturated heterocycles. The molecule has 0 fully saturated rings. The average molecular weight is 1130 g/mol. The summed E-state index contributed by atoms with van der Waals surface area (Å²) in [5.41, 5.74) is 0. The van der Waals surface area contributed by atoms with Gasteiger partial charge in [-0.25, -0.2) is 0 Å². The van der Waals surface area contributed by atoms with Crippen molar-refractivity contribution in [2.24, 2.45) is 0 Å². The van der Waals surface area contributed by atoms with Gasteiger partial charge in [-0.15, -0.1) is 0 Å². The lowest BCUT2D eigenvalue weighted by atomic mass is 10.0. The van der Waals surface area contributed by atoms with Gasteiger partial charge in [-0.1, -0.05) is 400 Å². The van der Waals surface area contributed by atoms with E-state index in [1.165, 1.54) is 340 Å². The predicted octanol–water partition coefficient (Wildman–Crippen LogP) is 25.4. The molecule has 0 spiro atoms. The first-order valence-electron chi connectivity index (χ1n) is 37.0. The predicted molar refractivity (Wildman–Crippen MR) is 349 cm³/mol. The third kappa shape index (κ3) is 67.2. The van der Waals surface area contributed by atoms with Crippen molar-refractivity contribution in [3.05, 3.63) is 0 Å². The molecular formula is C74H144O6. The zero-order valence-electron chi connectivity index (χ0n) is 54.9. The smallest absolute Gasteiger partial charge is 0.306 e. The van der Waals surface area contributed by atoms with E-state index in [0.29, 0.717) is 19.3 Å². The second-order valence-electron chi connectivity index (χ2n) is 25.6. The topological polar surface area (TPSA) is 78.9 Å². The molecule has 6 nitrogen and oxygen atoms in total. The summed E-state index contributed by atoms with van der Waals surface area (Å²) in [5.74, 6) is -0.817. The number of ether oxygens (including phenoxy) is 3. The molecule has 0 aliphatic rings. The van der Waals surface area contributed by atoms with E-state index >= 15 is 0 Å². The molecule has 476 valence electrons. The van der Waals surface area contributed by atoms with Gasteiger partial charge < -0.3 is 14.2 Å². The lowest BCUT2D eigenvalue weighted by Crippen LogP contribution is -2.30. The van der Waals surface area contributed by atoms with Gasteiger partial charge in [-0.3, -0.25) is 14.4 Å². The largest absolute Gasteiger partial charge is 0.462 e. The van der Waals surface area contributed by atoms with E-state index in [-0.39, 0.29) is 31.1 Å². The molecule has 0 radical (unpaired) electrons. The van der Waals surface area contributed by atoms with Crippen LogP contribution in [0.5, 0.6) is 0 Å². The standard InChI is InChI=1S/C74H144O6/c1-4-7-10-13-16-19-22-25-28-30-32-34-36-38-40-42-44-46-49-52-55-58-61-64-67-73(76)79-70-71(69-78-72(75)66-63-60-57-54-51-48-27-24-21-18-15-12-9-6-3)80-74(77)68-65-62-59-56-53-50-47-45-43-41-39-37-35-33-31-29-26-23-20-17-14-11-8-5-2/h71H,4-70H2,1-3H3. The van der Waals surface area contributed by atoms with Crippen molar-refractivity contribution < 1.29 is 28.6 Å². The second kappa shape index (κ2) is 69.9. The molecule has 80 heavy (non-hydrogen) atoms. The zero-order valence-corrected chi connectivity index (χ0v) is 54.9. The van der Waals surface area contributed by atoms with Gasteiger partial charge in [-0.05, 0) is 19.3 Å². The quantitative estimate of drug-likeness (QED) is 0.0343.